The number of halogens is 1. The zero-order valence-corrected chi connectivity index (χ0v) is 10.7. The molecule has 1 heterocycles. The van der Waals surface area contributed by atoms with Crippen molar-refractivity contribution in [3.05, 3.63) is 17.5 Å². The number of rotatable bonds is 6. The molecule has 1 rings (SSSR count). The van der Waals surface area contributed by atoms with E-state index < -0.39 is 17.3 Å². The van der Waals surface area contributed by atoms with Crippen LogP contribution in [0.5, 0.6) is 0 Å². The summed E-state index contributed by atoms with van der Waals surface area (Å²) in [5.41, 5.74) is 0.0933. The van der Waals surface area contributed by atoms with E-state index in [2.05, 4.69) is 15.2 Å². The highest BCUT2D eigenvalue weighted by atomic mass is 35.5. The fourth-order valence-corrected chi connectivity index (χ4v) is 1.28. The van der Waals surface area contributed by atoms with Gasteiger partial charge in [0, 0.05) is 19.7 Å². The molecule has 1 atom stereocenters. The molecular formula is C10H13ClN2O5. The SMILES string of the molecule is COCc1cc(C(=O)NCC(Cl)C(=O)OC)no1. The maximum Gasteiger partial charge on any atom is 0.325 e. The van der Waals surface area contributed by atoms with Gasteiger partial charge in [-0.2, -0.15) is 0 Å². The minimum absolute atomic E-state index is 0.0560. The number of alkyl halides is 1. The number of esters is 1. The van der Waals surface area contributed by atoms with Gasteiger partial charge >= 0.3 is 5.97 Å². The fraction of sp³-hybridized carbons (Fsp3) is 0.500. The maximum absolute atomic E-state index is 11.6. The van der Waals surface area contributed by atoms with E-state index in [4.69, 9.17) is 20.9 Å². The molecule has 18 heavy (non-hydrogen) atoms. The Morgan fingerprint density at radius 1 is 1.56 bits per heavy atom. The van der Waals surface area contributed by atoms with Crippen LogP contribution in [0.2, 0.25) is 0 Å². The summed E-state index contributed by atoms with van der Waals surface area (Å²) < 4.78 is 14.1. The Morgan fingerprint density at radius 2 is 2.28 bits per heavy atom. The van der Waals surface area contributed by atoms with Crippen molar-refractivity contribution in [3.8, 4) is 0 Å². The van der Waals surface area contributed by atoms with Crippen molar-refractivity contribution in [3.63, 3.8) is 0 Å². The lowest BCUT2D eigenvalue weighted by Crippen LogP contribution is -2.34. The normalized spacial score (nSPS) is 11.9. The maximum atomic E-state index is 11.6. The van der Waals surface area contributed by atoms with Gasteiger partial charge in [0.15, 0.2) is 11.5 Å². The summed E-state index contributed by atoms with van der Waals surface area (Å²) in [6, 6.07) is 1.44. The quantitative estimate of drug-likeness (QED) is 0.595. The van der Waals surface area contributed by atoms with Crippen molar-refractivity contribution in [1.82, 2.24) is 10.5 Å². The minimum Gasteiger partial charge on any atom is -0.468 e. The van der Waals surface area contributed by atoms with Crippen LogP contribution >= 0.6 is 11.6 Å². The van der Waals surface area contributed by atoms with Crippen molar-refractivity contribution < 1.29 is 23.6 Å². The van der Waals surface area contributed by atoms with Crippen LogP contribution in [0.4, 0.5) is 0 Å². The Kier molecular flexibility index (Phi) is 5.60. The number of nitrogens with zero attached hydrogens (tertiary/aromatic N) is 1. The molecule has 0 bridgehead atoms. The number of ether oxygens (including phenoxy) is 2. The van der Waals surface area contributed by atoms with E-state index in [0.717, 1.165) is 0 Å². The van der Waals surface area contributed by atoms with Gasteiger partial charge < -0.3 is 19.3 Å². The Labute approximate surface area is 108 Å². The summed E-state index contributed by atoms with van der Waals surface area (Å²) in [6.45, 7) is 0.167. The average molecular weight is 277 g/mol. The highest BCUT2D eigenvalue weighted by molar-refractivity contribution is 6.30. The second-order valence-corrected chi connectivity index (χ2v) is 3.84. The molecule has 0 saturated heterocycles. The summed E-state index contributed by atoms with van der Waals surface area (Å²) in [5, 5.41) is 5.05. The fourth-order valence-electron chi connectivity index (χ4n) is 1.11. The van der Waals surface area contributed by atoms with E-state index in [1.165, 1.54) is 20.3 Å². The van der Waals surface area contributed by atoms with Crippen LogP contribution in [-0.2, 0) is 20.9 Å². The first kappa shape index (κ1) is 14.5. The standard InChI is InChI=1S/C10H13ClN2O5/c1-16-5-6-3-8(13-18-6)9(14)12-4-7(11)10(15)17-2/h3,7H,4-5H2,1-2H3,(H,12,14). The van der Waals surface area contributed by atoms with Gasteiger partial charge in [0.25, 0.3) is 5.91 Å². The van der Waals surface area contributed by atoms with Crippen LogP contribution in [0.25, 0.3) is 0 Å². The van der Waals surface area contributed by atoms with Crippen molar-refractivity contribution in [2.45, 2.75) is 12.0 Å². The third-order valence-corrected chi connectivity index (χ3v) is 2.31. The number of carbonyl (C=O) groups is 2. The van der Waals surface area contributed by atoms with E-state index >= 15 is 0 Å². The number of methoxy groups -OCH3 is 2. The van der Waals surface area contributed by atoms with Crippen LogP contribution in [-0.4, -0.2) is 43.2 Å². The lowest BCUT2D eigenvalue weighted by atomic mass is 10.3. The van der Waals surface area contributed by atoms with Crippen molar-refractivity contribution in [2.24, 2.45) is 0 Å². The van der Waals surface area contributed by atoms with Crippen molar-refractivity contribution in [2.75, 3.05) is 20.8 Å². The van der Waals surface area contributed by atoms with E-state index in [1.54, 1.807) is 0 Å². The molecule has 1 aromatic rings. The van der Waals surface area contributed by atoms with Crippen LogP contribution in [0.3, 0.4) is 0 Å². The molecule has 0 aliphatic rings. The molecule has 1 aromatic heterocycles. The summed E-state index contributed by atoms with van der Waals surface area (Å²) in [4.78, 5) is 22.6. The number of amides is 1. The highest BCUT2D eigenvalue weighted by Crippen LogP contribution is 2.05. The molecule has 7 nitrogen and oxygen atoms in total. The molecule has 1 amide bonds. The summed E-state index contributed by atoms with van der Waals surface area (Å²) in [6.07, 6.45) is 0. The van der Waals surface area contributed by atoms with Gasteiger partial charge in [-0.25, -0.2) is 0 Å². The Morgan fingerprint density at radius 3 is 2.89 bits per heavy atom. The second-order valence-electron chi connectivity index (χ2n) is 3.31. The first-order valence-corrected chi connectivity index (χ1v) is 5.46. The molecule has 8 heteroatoms. The number of hydrogen-bond acceptors (Lipinski definition) is 6. The Balaban J connectivity index is 2.47. The van der Waals surface area contributed by atoms with Gasteiger partial charge in [0.05, 0.1) is 7.11 Å². The average Bonchev–Trinajstić information content (AvgIpc) is 2.83. The molecule has 100 valence electrons. The summed E-state index contributed by atoms with van der Waals surface area (Å²) >= 11 is 5.66. The molecule has 0 spiro atoms. The van der Waals surface area contributed by atoms with Crippen LogP contribution in [0, 0.1) is 0 Å². The number of carbonyl (C=O) groups excluding carboxylic acids is 2. The predicted molar refractivity (Wildman–Crippen MR) is 61.2 cm³/mol. The zero-order chi connectivity index (χ0) is 13.5. The first-order valence-electron chi connectivity index (χ1n) is 5.03. The summed E-state index contributed by atoms with van der Waals surface area (Å²) in [5.74, 6) is -0.675. The van der Waals surface area contributed by atoms with Crippen LogP contribution in [0.15, 0.2) is 10.6 Å². The van der Waals surface area contributed by atoms with Crippen LogP contribution < -0.4 is 5.32 Å². The number of aromatic nitrogens is 1. The lowest BCUT2D eigenvalue weighted by molar-refractivity contribution is -0.140. The molecule has 0 saturated carbocycles. The summed E-state index contributed by atoms with van der Waals surface area (Å²) in [7, 11) is 2.71. The Bertz CT molecular complexity index is 420. The number of nitrogens with one attached hydrogen (secondary N) is 1. The molecule has 0 radical (unpaired) electrons. The first-order chi connectivity index (χ1) is 8.58. The minimum atomic E-state index is -0.940. The van der Waals surface area contributed by atoms with Crippen molar-refractivity contribution in [1.29, 1.82) is 0 Å². The van der Waals surface area contributed by atoms with Crippen molar-refractivity contribution >= 4 is 23.5 Å². The zero-order valence-electron chi connectivity index (χ0n) is 9.94. The molecule has 0 aliphatic carbocycles. The van der Waals surface area contributed by atoms with Gasteiger partial charge in [-0.05, 0) is 0 Å². The van der Waals surface area contributed by atoms with Gasteiger partial charge in [-0.1, -0.05) is 5.16 Å². The third kappa shape index (κ3) is 4.01. The molecule has 0 aliphatic heterocycles. The molecule has 0 aromatic carbocycles. The molecule has 0 fully saturated rings. The lowest BCUT2D eigenvalue weighted by Gasteiger charge is -2.07. The second kappa shape index (κ2) is 6.97. The molecule has 1 unspecified atom stereocenters. The van der Waals surface area contributed by atoms with Gasteiger partial charge in [-0.15, -0.1) is 11.6 Å². The van der Waals surface area contributed by atoms with Gasteiger partial charge in [0.2, 0.25) is 0 Å². The number of hydrogen-bond donors (Lipinski definition) is 1. The highest BCUT2D eigenvalue weighted by Gasteiger charge is 2.18. The van der Waals surface area contributed by atoms with Gasteiger partial charge in [0.1, 0.15) is 12.0 Å². The Hall–Kier alpha value is -1.60. The molecular weight excluding hydrogens is 264 g/mol. The smallest absolute Gasteiger partial charge is 0.325 e. The van der Waals surface area contributed by atoms with E-state index in [0.29, 0.717) is 5.76 Å². The monoisotopic (exact) mass is 276 g/mol. The third-order valence-electron chi connectivity index (χ3n) is 1.98. The topological polar surface area (TPSA) is 90.7 Å². The van der Waals surface area contributed by atoms with E-state index in [-0.39, 0.29) is 18.8 Å². The molecule has 1 N–H and O–H groups in total. The largest absolute Gasteiger partial charge is 0.468 e. The van der Waals surface area contributed by atoms with E-state index in [1.807, 2.05) is 0 Å². The van der Waals surface area contributed by atoms with Gasteiger partial charge in [-0.3, -0.25) is 9.59 Å². The van der Waals surface area contributed by atoms with Crippen LogP contribution in [0.1, 0.15) is 16.2 Å². The van der Waals surface area contributed by atoms with E-state index in [9.17, 15) is 9.59 Å². The predicted octanol–water partition coefficient (Wildman–Crippen LogP) is 0.331.